The summed E-state index contributed by atoms with van der Waals surface area (Å²) in [6, 6.07) is 7.27. The number of hydrogen-bond acceptors (Lipinski definition) is 2. The topological polar surface area (TPSA) is 34.9 Å². The van der Waals surface area contributed by atoms with Crippen LogP contribution in [0.4, 0.5) is 0 Å². The Kier molecular flexibility index (Phi) is 2.26. The van der Waals surface area contributed by atoms with Crippen LogP contribution in [0.3, 0.4) is 0 Å². The molecule has 1 aromatic heterocycles. The van der Waals surface area contributed by atoms with Crippen molar-refractivity contribution in [2.24, 2.45) is 0 Å². The summed E-state index contributed by atoms with van der Waals surface area (Å²) in [4.78, 5) is 16.3. The first-order valence-corrected chi connectivity index (χ1v) is 4.63. The molecule has 0 saturated heterocycles. The number of fused-ring (bicyclic) bond motifs is 1. The molecule has 0 unspecified atom stereocenters. The molecule has 0 radical (unpaired) electrons. The van der Waals surface area contributed by atoms with Crippen LogP contribution in [0.15, 0.2) is 29.1 Å². The number of para-hydroxylation sites is 1. The molecule has 0 saturated carbocycles. The van der Waals surface area contributed by atoms with Crippen molar-refractivity contribution in [1.82, 2.24) is 9.55 Å². The lowest BCUT2D eigenvalue weighted by molar-refractivity contribution is 0.742. The van der Waals surface area contributed by atoms with E-state index < -0.39 is 0 Å². The maximum absolute atomic E-state index is 12.0. The van der Waals surface area contributed by atoms with E-state index in [-0.39, 0.29) is 12.1 Å². The summed E-state index contributed by atoms with van der Waals surface area (Å²) in [5.74, 6) is 3.10. The first kappa shape index (κ1) is 9.47. The van der Waals surface area contributed by atoms with E-state index in [1.807, 2.05) is 18.2 Å². The largest absolute Gasteiger partial charge is 0.285 e. The fourth-order valence-electron chi connectivity index (χ4n) is 1.56. The van der Waals surface area contributed by atoms with Gasteiger partial charge in [-0.3, -0.25) is 9.36 Å². The van der Waals surface area contributed by atoms with Crippen molar-refractivity contribution in [2.45, 2.75) is 13.5 Å². The van der Waals surface area contributed by atoms with Crippen molar-refractivity contribution in [2.75, 3.05) is 0 Å². The van der Waals surface area contributed by atoms with Crippen molar-refractivity contribution in [3.8, 4) is 12.3 Å². The Bertz CT molecular complexity index is 605. The van der Waals surface area contributed by atoms with Crippen LogP contribution in [0.2, 0.25) is 0 Å². The molecule has 0 atom stereocenters. The monoisotopic (exact) mass is 198 g/mol. The van der Waals surface area contributed by atoms with Crippen LogP contribution in [0, 0.1) is 19.3 Å². The fourth-order valence-corrected chi connectivity index (χ4v) is 1.56. The molecule has 0 fully saturated rings. The Labute approximate surface area is 87.4 Å². The van der Waals surface area contributed by atoms with Gasteiger partial charge >= 0.3 is 0 Å². The second-order valence-electron chi connectivity index (χ2n) is 3.27. The molecule has 2 rings (SSSR count). The molecule has 0 amide bonds. The van der Waals surface area contributed by atoms with E-state index in [0.717, 1.165) is 0 Å². The minimum atomic E-state index is -0.0731. The first-order chi connectivity index (χ1) is 7.24. The highest BCUT2D eigenvalue weighted by molar-refractivity contribution is 5.77. The van der Waals surface area contributed by atoms with Crippen molar-refractivity contribution in [1.29, 1.82) is 0 Å². The molecular formula is C12H10N2O. The molecule has 3 nitrogen and oxygen atoms in total. The molecule has 1 aromatic carbocycles. The standard InChI is InChI=1S/C12H10N2O/c1-3-8-14-9(2)13-11-7-5-4-6-10(11)12(14)15/h1,4-7H,8H2,2H3. The zero-order valence-corrected chi connectivity index (χ0v) is 8.40. The lowest BCUT2D eigenvalue weighted by Gasteiger charge is -2.06. The molecule has 74 valence electrons. The minimum Gasteiger partial charge on any atom is -0.285 e. The average molecular weight is 198 g/mol. The van der Waals surface area contributed by atoms with Gasteiger partial charge in [-0.2, -0.15) is 0 Å². The maximum atomic E-state index is 12.0. The lowest BCUT2D eigenvalue weighted by atomic mass is 10.2. The minimum absolute atomic E-state index is 0.0731. The summed E-state index contributed by atoms with van der Waals surface area (Å²) in [7, 11) is 0. The summed E-state index contributed by atoms with van der Waals surface area (Å²) in [5, 5.41) is 0.610. The second kappa shape index (κ2) is 3.58. The van der Waals surface area contributed by atoms with E-state index in [9.17, 15) is 4.79 Å². The summed E-state index contributed by atoms with van der Waals surface area (Å²) in [6.07, 6.45) is 5.20. The zero-order valence-electron chi connectivity index (χ0n) is 8.40. The number of aryl methyl sites for hydroxylation is 1. The Morgan fingerprint density at radius 3 is 2.93 bits per heavy atom. The third kappa shape index (κ3) is 1.50. The summed E-state index contributed by atoms with van der Waals surface area (Å²) >= 11 is 0. The van der Waals surface area contributed by atoms with Crippen molar-refractivity contribution < 1.29 is 0 Å². The molecule has 2 aromatic rings. The molecule has 0 aliphatic rings. The quantitative estimate of drug-likeness (QED) is 0.648. The van der Waals surface area contributed by atoms with Gasteiger partial charge in [0, 0.05) is 0 Å². The Balaban J connectivity index is 2.86. The Hall–Kier alpha value is -2.08. The van der Waals surface area contributed by atoms with Gasteiger partial charge in [-0.05, 0) is 19.1 Å². The van der Waals surface area contributed by atoms with Crippen LogP contribution in [0.25, 0.3) is 10.9 Å². The van der Waals surface area contributed by atoms with Crippen LogP contribution in [-0.2, 0) is 6.54 Å². The van der Waals surface area contributed by atoms with Crippen LogP contribution in [0.5, 0.6) is 0 Å². The maximum Gasteiger partial charge on any atom is 0.262 e. The van der Waals surface area contributed by atoms with Gasteiger partial charge in [0.1, 0.15) is 5.82 Å². The summed E-state index contributed by atoms with van der Waals surface area (Å²) < 4.78 is 1.50. The third-order valence-electron chi connectivity index (χ3n) is 2.30. The number of hydrogen-bond donors (Lipinski definition) is 0. The van der Waals surface area contributed by atoms with Crippen LogP contribution in [0.1, 0.15) is 5.82 Å². The molecule has 0 aliphatic carbocycles. The highest BCUT2D eigenvalue weighted by atomic mass is 16.1. The van der Waals surface area contributed by atoms with Gasteiger partial charge in [0.15, 0.2) is 0 Å². The van der Waals surface area contributed by atoms with Crippen LogP contribution >= 0.6 is 0 Å². The van der Waals surface area contributed by atoms with Gasteiger partial charge in [-0.1, -0.05) is 18.1 Å². The molecule has 0 N–H and O–H groups in total. The zero-order chi connectivity index (χ0) is 10.8. The highest BCUT2D eigenvalue weighted by Crippen LogP contribution is 2.06. The lowest BCUT2D eigenvalue weighted by Crippen LogP contribution is -2.23. The average Bonchev–Trinajstić information content (AvgIpc) is 2.24. The predicted octanol–water partition coefficient (Wildman–Crippen LogP) is 1.34. The van der Waals surface area contributed by atoms with E-state index in [0.29, 0.717) is 16.7 Å². The van der Waals surface area contributed by atoms with Gasteiger partial charge < -0.3 is 0 Å². The van der Waals surface area contributed by atoms with E-state index in [4.69, 9.17) is 6.42 Å². The number of nitrogens with zero attached hydrogens (tertiary/aromatic N) is 2. The molecule has 15 heavy (non-hydrogen) atoms. The summed E-state index contributed by atoms with van der Waals surface area (Å²) in [5.41, 5.74) is 0.643. The van der Waals surface area contributed by atoms with Gasteiger partial charge in [-0.15, -0.1) is 6.42 Å². The van der Waals surface area contributed by atoms with Crippen LogP contribution in [-0.4, -0.2) is 9.55 Å². The van der Waals surface area contributed by atoms with E-state index in [1.165, 1.54) is 4.57 Å². The van der Waals surface area contributed by atoms with Gasteiger partial charge in [0.05, 0.1) is 17.4 Å². The normalized spacial score (nSPS) is 10.1. The Morgan fingerprint density at radius 1 is 1.47 bits per heavy atom. The highest BCUT2D eigenvalue weighted by Gasteiger charge is 2.05. The van der Waals surface area contributed by atoms with E-state index >= 15 is 0 Å². The number of aromatic nitrogens is 2. The fraction of sp³-hybridized carbons (Fsp3) is 0.167. The van der Waals surface area contributed by atoms with Crippen molar-refractivity contribution in [3.63, 3.8) is 0 Å². The molecular weight excluding hydrogens is 188 g/mol. The Morgan fingerprint density at radius 2 is 2.20 bits per heavy atom. The molecule has 3 heteroatoms. The van der Waals surface area contributed by atoms with Gasteiger partial charge in [-0.25, -0.2) is 4.98 Å². The smallest absolute Gasteiger partial charge is 0.262 e. The van der Waals surface area contributed by atoms with E-state index in [2.05, 4.69) is 10.9 Å². The number of terminal acetylenes is 1. The molecule has 0 spiro atoms. The number of benzene rings is 1. The first-order valence-electron chi connectivity index (χ1n) is 4.63. The number of rotatable bonds is 1. The SMILES string of the molecule is C#CCn1c(C)nc2ccccc2c1=O. The van der Waals surface area contributed by atoms with Crippen molar-refractivity contribution in [3.05, 3.63) is 40.4 Å². The third-order valence-corrected chi connectivity index (χ3v) is 2.30. The molecule has 0 aliphatic heterocycles. The molecule has 1 heterocycles. The van der Waals surface area contributed by atoms with Gasteiger partial charge in [0.25, 0.3) is 5.56 Å². The molecule has 0 bridgehead atoms. The van der Waals surface area contributed by atoms with Crippen molar-refractivity contribution >= 4 is 10.9 Å². The summed E-state index contributed by atoms with van der Waals surface area (Å²) in [6.45, 7) is 2.05. The predicted molar refractivity (Wildman–Crippen MR) is 59.6 cm³/mol. The van der Waals surface area contributed by atoms with Gasteiger partial charge in [0.2, 0.25) is 0 Å². The van der Waals surface area contributed by atoms with Crippen LogP contribution < -0.4 is 5.56 Å². The second-order valence-corrected chi connectivity index (χ2v) is 3.27. The van der Waals surface area contributed by atoms with E-state index in [1.54, 1.807) is 13.0 Å².